The Kier molecular flexibility index (Phi) is 2.49. The number of nitrogens with zero attached hydrogens (tertiary/aromatic N) is 2. The Morgan fingerprint density at radius 1 is 1.47 bits per heavy atom. The van der Waals surface area contributed by atoms with E-state index in [1.165, 1.54) is 0 Å². The van der Waals surface area contributed by atoms with E-state index in [4.69, 9.17) is 22.1 Å². The van der Waals surface area contributed by atoms with Crippen LogP contribution in [-0.2, 0) is 4.74 Å². The average molecular weight is 252 g/mol. The van der Waals surface area contributed by atoms with E-state index in [1.807, 2.05) is 24.3 Å². The van der Waals surface area contributed by atoms with Crippen LogP contribution in [0.2, 0.25) is 5.02 Å². The lowest BCUT2D eigenvalue weighted by molar-refractivity contribution is 0.181. The number of aliphatic imine (C=N–C) groups is 1. The zero-order chi connectivity index (χ0) is 11.9. The second-order valence-corrected chi connectivity index (χ2v) is 4.95. The summed E-state index contributed by atoms with van der Waals surface area (Å²) in [5, 5.41) is 0.705. The van der Waals surface area contributed by atoms with Crippen molar-refractivity contribution in [3.05, 3.63) is 29.3 Å². The Bertz CT molecular complexity index is 469. The zero-order valence-electron chi connectivity index (χ0n) is 9.40. The number of guanidine groups is 1. The number of benzene rings is 1. The quantitative estimate of drug-likeness (QED) is 0.826. The zero-order valence-corrected chi connectivity index (χ0v) is 10.2. The Morgan fingerprint density at radius 3 is 3.06 bits per heavy atom. The summed E-state index contributed by atoms with van der Waals surface area (Å²) in [7, 11) is 0. The summed E-state index contributed by atoms with van der Waals surface area (Å²) in [4.78, 5) is 6.42. The topological polar surface area (TPSA) is 50.9 Å². The Labute approximate surface area is 105 Å². The Hall–Kier alpha value is -1.26. The standard InChI is InChI=1S/C12H14ClN3O/c13-9-2-1-3-10(6-9)16-11(14)15-7-12(16)4-5-17-8-12/h1-3,6H,4-5,7-8H2,(H2,14,15). The molecule has 1 atom stereocenters. The third kappa shape index (κ3) is 1.68. The molecule has 1 fully saturated rings. The number of hydrogen-bond donors (Lipinski definition) is 1. The van der Waals surface area contributed by atoms with E-state index in [2.05, 4.69) is 9.89 Å². The van der Waals surface area contributed by atoms with Crippen LogP contribution in [0.15, 0.2) is 29.3 Å². The van der Waals surface area contributed by atoms with Crippen LogP contribution in [-0.4, -0.2) is 31.3 Å². The second kappa shape index (κ2) is 3.89. The van der Waals surface area contributed by atoms with Gasteiger partial charge in [0.05, 0.1) is 18.7 Å². The van der Waals surface area contributed by atoms with Crippen molar-refractivity contribution < 1.29 is 4.74 Å². The van der Waals surface area contributed by atoms with Gasteiger partial charge in [0.1, 0.15) is 0 Å². The first-order valence-corrected chi connectivity index (χ1v) is 6.03. The first-order valence-electron chi connectivity index (χ1n) is 5.65. The predicted octanol–water partition coefficient (Wildman–Crippen LogP) is 1.63. The fourth-order valence-corrected chi connectivity index (χ4v) is 2.72. The van der Waals surface area contributed by atoms with Crippen molar-refractivity contribution in [1.82, 2.24) is 0 Å². The molecule has 1 spiro atoms. The van der Waals surface area contributed by atoms with Crippen LogP contribution in [0.5, 0.6) is 0 Å². The number of hydrogen-bond acceptors (Lipinski definition) is 4. The summed E-state index contributed by atoms with van der Waals surface area (Å²) in [6, 6.07) is 7.69. The van der Waals surface area contributed by atoms with Crippen molar-refractivity contribution in [2.75, 3.05) is 24.7 Å². The van der Waals surface area contributed by atoms with Crippen molar-refractivity contribution in [1.29, 1.82) is 0 Å². The van der Waals surface area contributed by atoms with Gasteiger partial charge in [-0.15, -0.1) is 0 Å². The summed E-state index contributed by atoms with van der Waals surface area (Å²) in [5.41, 5.74) is 6.88. The fourth-order valence-electron chi connectivity index (χ4n) is 2.53. The van der Waals surface area contributed by atoms with Gasteiger partial charge in [0.25, 0.3) is 0 Å². The minimum atomic E-state index is -0.102. The molecule has 0 aromatic heterocycles. The van der Waals surface area contributed by atoms with Gasteiger partial charge in [0.2, 0.25) is 0 Å². The highest BCUT2D eigenvalue weighted by Gasteiger charge is 2.46. The molecule has 2 aliphatic rings. The van der Waals surface area contributed by atoms with Gasteiger partial charge in [-0.2, -0.15) is 0 Å². The van der Waals surface area contributed by atoms with Crippen LogP contribution in [0.4, 0.5) is 5.69 Å². The summed E-state index contributed by atoms with van der Waals surface area (Å²) >= 11 is 6.03. The van der Waals surface area contributed by atoms with Crippen molar-refractivity contribution in [3.8, 4) is 0 Å². The molecule has 0 radical (unpaired) electrons. The van der Waals surface area contributed by atoms with Crippen molar-refractivity contribution in [3.63, 3.8) is 0 Å². The lowest BCUT2D eigenvalue weighted by Gasteiger charge is -2.34. The van der Waals surface area contributed by atoms with E-state index in [-0.39, 0.29) is 5.54 Å². The van der Waals surface area contributed by atoms with Crippen LogP contribution in [0.3, 0.4) is 0 Å². The van der Waals surface area contributed by atoms with E-state index >= 15 is 0 Å². The normalized spacial score (nSPS) is 27.8. The molecule has 3 rings (SSSR count). The maximum Gasteiger partial charge on any atom is 0.196 e. The lowest BCUT2D eigenvalue weighted by Crippen LogP contribution is -2.52. The smallest absolute Gasteiger partial charge is 0.196 e. The summed E-state index contributed by atoms with van der Waals surface area (Å²) in [5.74, 6) is 0.553. The second-order valence-electron chi connectivity index (χ2n) is 4.52. The molecule has 0 aliphatic carbocycles. The first-order chi connectivity index (χ1) is 8.21. The highest BCUT2D eigenvalue weighted by Crippen LogP contribution is 2.35. The molecule has 2 heterocycles. The molecule has 2 aliphatic heterocycles. The van der Waals surface area contributed by atoms with Crippen molar-refractivity contribution in [2.45, 2.75) is 12.0 Å². The molecular formula is C12H14ClN3O. The molecule has 0 saturated carbocycles. The summed E-state index contributed by atoms with van der Waals surface area (Å²) in [6.45, 7) is 2.13. The van der Waals surface area contributed by atoms with E-state index in [1.54, 1.807) is 0 Å². The number of nitrogens with two attached hydrogens (primary N) is 1. The summed E-state index contributed by atoms with van der Waals surface area (Å²) < 4.78 is 5.51. The van der Waals surface area contributed by atoms with Crippen LogP contribution in [0, 0.1) is 0 Å². The van der Waals surface area contributed by atoms with Crippen LogP contribution < -0.4 is 10.6 Å². The van der Waals surface area contributed by atoms with Crippen molar-refractivity contribution >= 4 is 23.2 Å². The van der Waals surface area contributed by atoms with Crippen LogP contribution in [0.25, 0.3) is 0 Å². The van der Waals surface area contributed by atoms with Crippen LogP contribution in [0.1, 0.15) is 6.42 Å². The third-order valence-electron chi connectivity index (χ3n) is 3.39. The number of anilines is 1. The maximum absolute atomic E-state index is 6.03. The minimum absolute atomic E-state index is 0.102. The number of halogens is 1. The molecule has 1 aromatic carbocycles. The van der Waals surface area contributed by atoms with Gasteiger partial charge >= 0.3 is 0 Å². The molecule has 2 N–H and O–H groups in total. The van der Waals surface area contributed by atoms with Gasteiger partial charge in [-0.1, -0.05) is 17.7 Å². The molecule has 5 heteroatoms. The van der Waals surface area contributed by atoms with E-state index in [0.717, 1.165) is 18.7 Å². The van der Waals surface area contributed by atoms with Gasteiger partial charge in [-0.25, -0.2) is 0 Å². The molecule has 17 heavy (non-hydrogen) atoms. The highest BCUT2D eigenvalue weighted by molar-refractivity contribution is 6.31. The molecular weight excluding hydrogens is 238 g/mol. The third-order valence-corrected chi connectivity index (χ3v) is 3.62. The van der Waals surface area contributed by atoms with Gasteiger partial charge in [-0.05, 0) is 24.6 Å². The molecule has 0 amide bonds. The number of rotatable bonds is 1. The summed E-state index contributed by atoms with van der Waals surface area (Å²) in [6.07, 6.45) is 0.948. The highest BCUT2D eigenvalue weighted by atomic mass is 35.5. The van der Waals surface area contributed by atoms with E-state index in [0.29, 0.717) is 24.1 Å². The molecule has 1 saturated heterocycles. The molecule has 90 valence electrons. The minimum Gasteiger partial charge on any atom is -0.379 e. The van der Waals surface area contributed by atoms with E-state index in [9.17, 15) is 0 Å². The lowest BCUT2D eigenvalue weighted by atomic mass is 9.97. The van der Waals surface area contributed by atoms with E-state index < -0.39 is 0 Å². The number of ether oxygens (including phenoxy) is 1. The molecule has 1 aromatic rings. The van der Waals surface area contributed by atoms with Crippen molar-refractivity contribution in [2.24, 2.45) is 10.7 Å². The van der Waals surface area contributed by atoms with Crippen LogP contribution >= 0.6 is 11.6 Å². The first kappa shape index (κ1) is 10.9. The average Bonchev–Trinajstić information content (AvgIpc) is 2.88. The molecule has 4 nitrogen and oxygen atoms in total. The maximum atomic E-state index is 6.03. The van der Waals surface area contributed by atoms with Gasteiger partial charge in [0.15, 0.2) is 5.96 Å². The predicted molar refractivity (Wildman–Crippen MR) is 68.6 cm³/mol. The molecule has 1 unspecified atom stereocenters. The van der Waals surface area contributed by atoms with Gasteiger partial charge in [0, 0.05) is 17.3 Å². The fraction of sp³-hybridized carbons (Fsp3) is 0.417. The Balaban J connectivity index is 2.01. The van der Waals surface area contributed by atoms with Gasteiger partial charge in [-0.3, -0.25) is 4.99 Å². The largest absolute Gasteiger partial charge is 0.379 e. The monoisotopic (exact) mass is 251 g/mol. The Morgan fingerprint density at radius 2 is 2.35 bits per heavy atom. The SMILES string of the molecule is NC1=NCC2(CCOC2)N1c1cccc(Cl)c1. The van der Waals surface area contributed by atoms with Gasteiger partial charge < -0.3 is 15.4 Å². The molecule has 0 bridgehead atoms.